The molecule has 0 amide bonds. The molecule has 0 saturated carbocycles. The number of ether oxygens (including phenoxy) is 1. The smallest absolute Gasteiger partial charge is 0.0965 e. The monoisotopic (exact) mass is 249 g/mol. The lowest BCUT2D eigenvalue weighted by atomic mass is 9.86. The number of hydrogen-bond acceptors (Lipinski definition) is 5. The van der Waals surface area contributed by atoms with E-state index in [2.05, 4.69) is 14.9 Å². The van der Waals surface area contributed by atoms with Crippen molar-refractivity contribution in [2.75, 3.05) is 19.7 Å². The van der Waals surface area contributed by atoms with Crippen LogP contribution in [0.2, 0.25) is 0 Å². The predicted octanol–water partition coefficient (Wildman–Crippen LogP) is 0.592. The minimum Gasteiger partial charge on any atom is -0.389 e. The second kappa shape index (κ2) is 4.91. The maximum atomic E-state index is 10.3. The quantitative estimate of drug-likeness (QED) is 0.831. The predicted molar refractivity (Wildman–Crippen MR) is 65.8 cm³/mol. The summed E-state index contributed by atoms with van der Waals surface area (Å²) in [7, 11) is 0. The van der Waals surface area contributed by atoms with Crippen molar-refractivity contribution in [1.29, 1.82) is 0 Å². The Labute approximate surface area is 107 Å². The Morgan fingerprint density at radius 1 is 1.44 bits per heavy atom. The first-order valence-electron chi connectivity index (χ1n) is 6.58. The molecule has 0 aromatic carbocycles. The fourth-order valence-electron chi connectivity index (χ4n) is 2.98. The average molecular weight is 249 g/mol. The number of likely N-dealkylation sites (tertiary alicyclic amines) is 1. The van der Waals surface area contributed by atoms with Crippen molar-refractivity contribution in [2.45, 2.75) is 37.5 Å². The van der Waals surface area contributed by atoms with Crippen LogP contribution in [-0.2, 0) is 11.3 Å². The van der Waals surface area contributed by atoms with Gasteiger partial charge in [0.25, 0.3) is 0 Å². The van der Waals surface area contributed by atoms with E-state index in [1.54, 1.807) is 18.6 Å². The molecule has 2 atom stereocenters. The largest absolute Gasteiger partial charge is 0.389 e. The maximum Gasteiger partial charge on any atom is 0.0965 e. The van der Waals surface area contributed by atoms with Crippen LogP contribution in [0.15, 0.2) is 18.6 Å². The molecule has 1 spiro atoms. The van der Waals surface area contributed by atoms with Crippen LogP contribution in [0.3, 0.4) is 0 Å². The minimum absolute atomic E-state index is 0.265. The summed E-state index contributed by atoms with van der Waals surface area (Å²) in [5.41, 5.74) is 0.687. The fraction of sp³-hybridized carbons (Fsp3) is 0.692. The van der Waals surface area contributed by atoms with Crippen LogP contribution in [0.5, 0.6) is 0 Å². The number of aliphatic hydroxyl groups excluding tert-OH is 1. The summed E-state index contributed by atoms with van der Waals surface area (Å²) in [6.45, 7) is 3.16. The van der Waals surface area contributed by atoms with Crippen molar-refractivity contribution < 1.29 is 9.84 Å². The summed E-state index contributed by atoms with van der Waals surface area (Å²) in [5.74, 6) is 0. The molecule has 0 radical (unpaired) electrons. The molecule has 0 bridgehead atoms. The molecule has 18 heavy (non-hydrogen) atoms. The van der Waals surface area contributed by atoms with E-state index in [9.17, 15) is 5.11 Å². The zero-order chi connectivity index (χ0) is 12.4. The van der Waals surface area contributed by atoms with E-state index in [1.165, 1.54) is 0 Å². The lowest BCUT2D eigenvalue weighted by Gasteiger charge is -2.42. The van der Waals surface area contributed by atoms with Gasteiger partial charge in [-0.05, 0) is 19.3 Å². The van der Waals surface area contributed by atoms with Crippen LogP contribution in [0.25, 0.3) is 0 Å². The zero-order valence-corrected chi connectivity index (χ0v) is 10.5. The highest BCUT2D eigenvalue weighted by Gasteiger charge is 2.45. The van der Waals surface area contributed by atoms with Gasteiger partial charge in [-0.3, -0.25) is 14.9 Å². The Kier molecular flexibility index (Phi) is 3.28. The number of β-amino-alcohol motifs (C(OH)–C–C–N with tert-alkyl or cyclic N) is 1. The molecule has 3 rings (SSSR count). The van der Waals surface area contributed by atoms with Crippen molar-refractivity contribution in [3.05, 3.63) is 24.3 Å². The standard InChI is InChI=1S/C13H19N3O2/c17-12-10-16(9-11-8-14-4-5-15-11)6-3-13(12)2-1-7-18-13/h4-5,8,12,17H,1-3,6-7,9-10H2/t12-,13-/m0/s1. The van der Waals surface area contributed by atoms with E-state index in [-0.39, 0.29) is 11.7 Å². The minimum atomic E-state index is -0.384. The Balaban J connectivity index is 1.61. The third-order valence-corrected chi connectivity index (χ3v) is 4.03. The average Bonchev–Trinajstić information content (AvgIpc) is 2.86. The summed E-state index contributed by atoms with van der Waals surface area (Å²) in [6, 6.07) is 0. The molecule has 2 aliphatic heterocycles. The first-order valence-corrected chi connectivity index (χ1v) is 6.58. The highest BCUT2D eigenvalue weighted by Crippen LogP contribution is 2.36. The van der Waals surface area contributed by atoms with Crippen LogP contribution >= 0.6 is 0 Å². The lowest BCUT2D eigenvalue weighted by Crippen LogP contribution is -2.54. The molecule has 5 nitrogen and oxygen atoms in total. The zero-order valence-electron chi connectivity index (χ0n) is 10.5. The van der Waals surface area contributed by atoms with E-state index in [0.29, 0.717) is 6.54 Å². The Hall–Kier alpha value is -1.04. The highest BCUT2D eigenvalue weighted by atomic mass is 16.5. The SMILES string of the molecule is O[C@H]1CN(Cc2cnccn2)CC[C@@]12CCCO2. The molecule has 2 saturated heterocycles. The maximum absolute atomic E-state index is 10.3. The molecule has 1 N–H and O–H groups in total. The molecule has 0 aliphatic carbocycles. The molecule has 1 aromatic rings. The van der Waals surface area contributed by atoms with Crippen molar-refractivity contribution in [3.63, 3.8) is 0 Å². The van der Waals surface area contributed by atoms with Crippen molar-refractivity contribution in [3.8, 4) is 0 Å². The number of hydrogen-bond donors (Lipinski definition) is 1. The van der Waals surface area contributed by atoms with Crippen LogP contribution in [0.1, 0.15) is 25.0 Å². The molecule has 3 heterocycles. The molecular formula is C13H19N3O2. The van der Waals surface area contributed by atoms with E-state index in [1.807, 2.05) is 0 Å². The topological polar surface area (TPSA) is 58.5 Å². The van der Waals surface area contributed by atoms with Gasteiger partial charge in [-0.2, -0.15) is 0 Å². The first-order chi connectivity index (χ1) is 8.78. The molecule has 0 unspecified atom stereocenters. The van der Waals surface area contributed by atoms with Gasteiger partial charge >= 0.3 is 0 Å². The molecular weight excluding hydrogens is 230 g/mol. The van der Waals surface area contributed by atoms with E-state index in [4.69, 9.17) is 4.74 Å². The Bertz CT molecular complexity index is 392. The van der Waals surface area contributed by atoms with E-state index in [0.717, 1.165) is 44.7 Å². The second-order valence-electron chi connectivity index (χ2n) is 5.21. The van der Waals surface area contributed by atoms with Crippen LogP contribution < -0.4 is 0 Å². The fourth-order valence-corrected chi connectivity index (χ4v) is 2.98. The van der Waals surface area contributed by atoms with E-state index < -0.39 is 0 Å². The number of piperidine rings is 1. The molecule has 1 aromatic heterocycles. The molecule has 98 valence electrons. The van der Waals surface area contributed by atoms with Gasteiger partial charge in [0, 0.05) is 44.8 Å². The van der Waals surface area contributed by atoms with Crippen molar-refractivity contribution in [2.24, 2.45) is 0 Å². The van der Waals surface area contributed by atoms with Gasteiger partial charge < -0.3 is 9.84 Å². The molecule has 2 aliphatic rings. The molecule has 2 fully saturated rings. The van der Waals surface area contributed by atoms with Gasteiger partial charge in [-0.15, -0.1) is 0 Å². The summed E-state index contributed by atoms with van der Waals surface area (Å²) >= 11 is 0. The summed E-state index contributed by atoms with van der Waals surface area (Å²) in [4.78, 5) is 10.6. The van der Waals surface area contributed by atoms with Crippen LogP contribution in [0.4, 0.5) is 0 Å². The van der Waals surface area contributed by atoms with Gasteiger partial charge in [-0.25, -0.2) is 0 Å². The Morgan fingerprint density at radius 3 is 3.06 bits per heavy atom. The number of aliphatic hydroxyl groups is 1. The van der Waals surface area contributed by atoms with Gasteiger partial charge in [0.15, 0.2) is 0 Å². The van der Waals surface area contributed by atoms with Crippen LogP contribution in [0, 0.1) is 0 Å². The third-order valence-electron chi connectivity index (χ3n) is 4.03. The Morgan fingerprint density at radius 2 is 2.39 bits per heavy atom. The van der Waals surface area contributed by atoms with Gasteiger partial charge in [-0.1, -0.05) is 0 Å². The van der Waals surface area contributed by atoms with E-state index >= 15 is 0 Å². The lowest BCUT2D eigenvalue weighted by molar-refractivity contribution is -0.130. The van der Waals surface area contributed by atoms with Gasteiger partial charge in [0.1, 0.15) is 0 Å². The van der Waals surface area contributed by atoms with Gasteiger partial charge in [0.05, 0.1) is 17.4 Å². The number of rotatable bonds is 2. The number of aromatic nitrogens is 2. The highest BCUT2D eigenvalue weighted by molar-refractivity contribution is 5.00. The summed E-state index contributed by atoms with van der Waals surface area (Å²) in [6.07, 6.45) is 7.75. The van der Waals surface area contributed by atoms with Crippen molar-refractivity contribution >= 4 is 0 Å². The summed E-state index contributed by atoms with van der Waals surface area (Å²) < 4.78 is 5.79. The number of nitrogens with zero attached hydrogens (tertiary/aromatic N) is 3. The first kappa shape index (κ1) is 12.0. The normalized spacial score (nSPS) is 33.1. The van der Waals surface area contributed by atoms with Crippen LogP contribution in [-0.4, -0.2) is 51.4 Å². The third kappa shape index (κ3) is 2.25. The van der Waals surface area contributed by atoms with Crippen molar-refractivity contribution in [1.82, 2.24) is 14.9 Å². The molecule has 5 heteroatoms. The summed E-state index contributed by atoms with van der Waals surface area (Å²) in [5, 5.41) is 10.3. The van der Waals surface area contributed by atoms with Gasteiger partial charge in [0.2, 0.25) is 0 Å². The second-order valence-corrected chi connectivity index (χ2v) is 5.21.